The molecule has 19 heavy (non-hydrogen) atoms. The highest BCUT2D eigenvalue weighted by molar-refractivity contribution is 5.92. The molecule has 0 aliphatic rings. The van der Waals surface area contributed by atoms with Crippen LogP contribution in [0.25, 0.3) is 10.9 Å². The zero-order valence-electron chi connectivity index (χ0n) is 11.2. The number of aromatic nitrogens is 1. The van der Waals surface area contributed by atoms with Crippen molar-refractivity contribution in [3.63, 3.8) is 0 Å². The maximum Gasteiger partial charge on any atom is 0.196 e. The van der Waals surface area contributed by atoms with Gasteiger partial charge in [0, 0.05) is 29.2 Å². The van der Waals surface area contributed by atoms with Crippen molar-refractivity contribution >= 4 is 16.6 Å². The monoisotopic (exact) mass is 268 g/mol. The highest BCUT2D eigenvalue weighted by Crippen LogP contribution is 2.31. The standard InChI is InChI=1S/C14H15F3N2/c1-14(2,3)10-6-9(18-4)7-5-8(15)11(16)12(17)13(7)19-10/h5-6H,1-4H3,(H,18,19). The highest BCUT2D eigenvalue weighted by atomic mass is 19.2. The molecule has 5 heteroatoms. The minimum atomic E-state index is -1.49. The molecule has 0 amide bonds. The molecule has 0 saturated heterocycles. The molecule has 0 saturated carbocycles. The summed E-state index contributed by atoms with van der Waals surface area (Å²) in [5, 5.41) is 3.09. The quantitative estimate of drug-likeness (QED) is 0.791. The van der Waals surface area contributed by atoms with E-state index in [0.29, 0.717) is 11.4 Å². The Morgan fingerprint density at radius 3 is 2.21 bits per heavy atom. The molecule has 0 spiro atoms. The van der Waals surface area contributed by atoms with Gasteiger partial charge in [-0.05, 0) is 12.1 Å². The van der Waals surface area contributed by atoms with Crippen LogP contribution >= 0.6 is 0 Å². The zero-order valence-corrected chi connectivity index (χ0v) is 11.2. The Morgan fingerprint density at radius 2 is 1.68 bits per heavy atom. The second-order valence-corrected chi connectivity index (χ2v) is 5.44. The van der Waals surface area contributed by atoms with Gasteiger partial charge in [0.05, 0.1) is 0 Å². The molecule has 1 aromatic carbocycles. The van der Waals surface area contributed by atoms with E-state index in [4.69, 9.17) is 0 Å². The van der Waals surface area contributed by atoms with Crippen LogP contribution in [0.4, 0.5) is 18.9 Å². The number of pyridine rings is 1. The number of hydrogen-bond acceptors (Lipinski definition) is 2. The number of halogens is 3. The summed E-state index contributed by atoms with van der Waals surface area (Å²) in [6.07, 6.45) is 0. The Bertz CT molecular complexity index is 645. The molecule has 0 radical (unpaired) electrons. The van der Waals surface area contributed by atoms with E-state index in [1.165, 1.54) is 0 Å². The van der Waals surface area contributed by atoms with Crippen molar-refractivity contribution in [2.75, 3.05) is 12.4 Å². The Kier molecular flexibility index (Phi) is 3.16. The van der Waals surface area contributed by atoms with Crippen molar-refractivity contribution in [3.05, 3.63) is 35.3 Å². The molecule has 2 nitrogen and oxygen atoms in total. The Labute approximate surface area is 109 Å². The average Bonchev–Trinajstić information content (AvgIpc) is 2.34. The molecule has 0 bridgehead atoms. The number of fused-ring (bicyclic) bond motifs is 1. The average molecular weight is 268 g/mol. The van der Waals surface area contributed by atoms with Crippen molar-refractivity contribution in [1.82, 2.24) is 4.98 Å². The van der Waals surface area contributed by atoms with Gasteiger partial charge >= 0.3 is 0 Å². The van der Waals surface area contributed by atoms with Gasteiger partial charge in [-0.1, -0.05) is 20.8 Å². The molecule has 102 valence electrons. The summed E-state index contributed by atoms with van der Waals surface area (Å²) >= 11 is 0. The third-order valence-corrected chi connectivity index (χ3v) is 2.98. The first-order valence-corrected chi connectivity index (χ1v) is 5.92. The predicted octanol–water partition coefficient (Wildman–Crippen LogP) is 3.99. The number of hydrogen-bond donors (Lipinski definition) is 1. The van der Waals surface area contributed by atoms with E-state index in [0.717, 1.165) is 6.07 Å². The Hall–Kier alpha value is -1.78. The number of nitrogens with one attached hydrogen (secondary N) is 1. The minimum absolute atomic E-state index is 0.157. The van der Waals surface area contributed by atoms with Gasteiger partial charge in [-0.2, -0.15) is 0 Å². The van der Waals surface area contributed by atoms with Crippen molar-refractivity contribution in [3.8, 4) is 0 Å². The van der Waals surface area contributed by atoms with Crippen molar-refractivity contribution < 1.29 is 13.2 Å². The summed E-state index contributed by atoms with van der Waals surface area (Å²) in [6.45, 7) is 5.75. The van der Waals surface area contributed by atoms with Gasteiger partial charge in [0.25, 0.3) is 0 Å². The van der Waals surface area contributed by atoms with Crippen LogP contribution < -0.4 is 5.32 Å². The summed E-state index contributed by atoms with van der Waals surface area (Å²) in [7, 11) is 1.64. The van der Waals surface area contributed by atoms with E-state index in [1.54, 1.807) is 13.1 Å². The second-order valence-electron chi connectivity index (χ2n) is 5.44. The van der Waals surface area contributed by atoms with E-state index in [2.05, 4.69) is 10.3 Å². The van der Waals surface area contributed by atoms with Crippen LogP contribution in [0.15, 0.2) is 12.1 Å². The Morgan fingerprint density at radius 1 is 1.05 bits per heavy atom. The smallest absolute Gasteiger partial charge is 0.196 e. The maximum atomic E-state index is 13.8. The van der Waals surface area contributed by atoms with Gasteiger partial charge in [-0.15, -0.1) is 0 Å². The summed E-state index contributed by atoms with van der Waals surface area (Å²) in [5.41, 5.74) is 0.648. The molecule has 0 fully saturated rings. The molecule has 1 aromatic heterocycles. The minimum Gasteiger partial charge on any atom is -0.388 e. The van der Waals surface area contributed by atoms with E-state index < -0.39 is 17.5 Å². The van der Waals surface area contributed by atoms with Gasteiger partial charge in [0.2, 0.25) is 0 Å². The zero-order chi connectivity index (χ0) is 14.4. The fourth-order valence-corrected chi connectivity index (χ4v) is 1.86. The maximum absolute atomic E-state index is 13.8. The number of benzene rings is 1. The molecule has 2 aromatic rings. The number of anilines is 1. The normalized spacial score (nSPS) is 11.9. The third-order valence-electron chi connectivity index (χ3n) is 2.98. The Balaban J connectivity index is 2.90. The summed E-state index contributed by atoms with van der Waals surface area (Å²) in [5.74, 6) is -3.96. The van der Waals surface area contributed by atoms with E-state index in [1.807, 2.05) is 20.8 Å². The lowest BCUT2D eigenvalue weighted by Gasteiger charge is -2.20. The summed E-state index contributed by atoms with van der Waals surface area (Å²) in [4.78, 5) is 4.13. The van der Waals surface area contributed by atoms with Gasteiger partial charge in [-0.25, -0.2) is 18.2 Å². The first-order valence-electron chi connectivity index (χ1n) is 5.92. The molecule has 0 unspecified atom stereocenters. The van der Waals surface area contributed by atoms with Gasteiger partial charge in [-0.3, -0.25) is 0 Å². The summed E-state index contributed by atoms with van der Waals surface area (Å²) in [6, 6.07) is 2.68. The topological polar surface area (TPSA) is 24.9 Å². The molecule has 0 atom stereocenters. The van der Waals surface area contributed by atoms with Crippen molar-refractivity contribution in [2.24, 2.45) is 0 Å². The second kappa shape index (κ2) is 4.40. The molecule has 0 aliphatic heterocycles. The van der Waals surface area contributed by atoms with Crippen LogP contribution in [-0.4, -0.2) is 12.0 Å². The summed E-state index contributed by atoms with van der Waals surface area (Å²) < 4.78 is 40.4. The largest absolute Gasteiger partial charge is 0.388 e. The van der Waals surface area contributed by atoms with Crippen LogP contribution in [0.2, 0.25) is 0 Å². The van der Waals surface area contributed by atoms with E-state index in [9.17, 15) is 13.2 Å². The SMILES string of the molecule is CNc1cc(C(C)(C)C)nc2c(F)c(F)c(F)cc12. The van der Waals surface area contributed by atoms with Crippen molar-refractivity contribution in [2.45, 2.75) is 26.2 Å². The number of nitrogens with zero attached hydrogens (tertiary/aromatic N) is 1. The van der Waals surface area contributed by atoms with Gasteiger partial charge in [0.1, 0.15) is 5.52 Å². The molecule has 2 rings (SSSR count). The van der Waals surface area contributed by atoms with Crippen LogP contribution in [0.5, 0.6) is 0 Å². The first-order chi connectivity index (χ1) is 8.75. The lowest BCUT2D eigenvalue weighted by molar-refractivity contribution is 0.452. The van der Waals surface area contributed by atoms with Crippen LogP contribution in [-0.2, 0) is 5.41 Å². The number of rotatable bonds is 1. The fraction of sp³-hybridized carbons (Fsp3) is 0.357. The van der Waals surface area contributed by atoms with E-state index in [-0.39, 0.29) is 16.3 Å². The fourth-order valence-electron chi connectivity index (χ4n) is 1.86. The van der Waals surface area contributed by atoms with Crippen LogP contribution in [0, 0.1) is 17.5 Å². The predicted molar refractivity (Wildman–Crippen MR) is 69.9 cm³/mol. The van der Waals surface area contributed by atoms with E-state index >= 15 is 0 Å². The lowest BCUT2D eigenvalue weighted by atomic mass is 9.90. The lowest BCUT2D eigenvalue weighted by Crippen LogP contribution is -2.14. The van der Waals surface area contributed by atoms with Crippen LogP contribution in [0.3, 0.4) is 0 Å². The third kappa shape index (κ3) is 2.25. The molecular formula is C14H15F3N2. The highest BCUT2D eigenvalue weighted by Gasteiger charge is 2.22. The molecule has 1 heterocycles. The van der Waals surface area contributed by atoms with Crippen molar-refractivity contribution in [1.29, 1.82) is 0 Å². The molecular weight excluding hydrogens is 253 g/mol. The molecule has 1 N–H and O–H groups in total. The van der Waals surface area contributed by atoms with Gasteiger partial charge < -0.3 is 5.32 Å². The first kappa shape index (κ1) is 13.6. The molecule has 0 aliphatic carbocycles. The van der Waals surface area contributed by atoms with Crippen LogP contribution in [0.1, 0.15) is 26.5 Å². The van der Waals surface area contributed by atoms with Gasteiger partial charge in [0.15, 0.2) is 17.5 Å².